The number of rotatable bonds is 4. The lowest BCUT2D eigenvalue weighted by molar-refractivity contribution is -0.135. The maximum absolute atomic E-state index is 12.5. The van der Waals surface area contributed by atoms with E-state index >= 15 is 0 Å². The zero-order valence-electron chi connectivity index (χ0n) is 15.9. The highest BCUT2D eigenvalue weighted by Gasteiger charge is 2.21. The molecule has 8 heteroatoms. The van der Waals surface area contributed by atoms with Crippen molar-refractivity contribution in [1.29, 1.82) is 0 Å². The molecular weight excluding hydrogens is 380 g/mol. The van der Waals surface area contributed by atoms with Crippen molar-refractivity contribution in [1.82, 2.24) is 14.8 Å². The highest BCUT2D eigenvalue weighted by molar-refractivity contribution is 5.97. The van der Waals surface area contributed by atoms with Crippen LogP contribution in [-0.4, -0.2) is 60.2 Å². The van der Waals surface area contributed by atoms with Crippen molar-refractivity contribution in [2.45, 2.75) is 31.8 Å². The first-order valence-corrected chi connectivity index (χ1v) is 9.69. The third-order valence-electron chi connectivity index (χ3n) is 5.33. The molecule has 1 aromatic carbocycles. The summed E-state index contributed by atoms with van der Waals surface area (Å²) in [6.45, 7) is 3.75. The first kappa shape index (κ1) is 20.6. The van der Waals surface area contributed by atoms with Gasteiger partial charge in [0.2, 0.25) is 11.8 Å². The molecule has 0 aliphatic carbocycles. The van der Waals surface area contributed by atoms with Crippen LogP contribution in [-0.2, 0) is 20.9 Å². The van der Waals surface area contributed by atoms with Gasteiger partial charge < -0.3 is 24.8 Å². The standard InChI is InChI=1S/C20H26N4O3.ClH/c25-19(23-9-11-27-12-10-23)14-24-8-6-15-13-16(4-5-18(15)24)22-20(26)17-3-1-2-7-21-17;/h4-6,8,13,17,21H,1-3,7,9-12,14H2,(H,22,26);1H. The molecule has 2 aliphatic rings. The van der Waals surface area contributed by atoms with Crippen LogP contribution in [0.3, 0.4) is 0 Å². The normalized spacial score (nSPS) is 19.9. The Hall–Kier alpha value is -2.09. The lowest BCUT2D eigenvalue weighted by Crippen LogP contribution is -2.43. The minimum Gasteiger partial charge on any atom is -0.378 e. The molecule has 1 atom stereocenters. The van der Waals surface area contributed by atoms with E-state index in [1.165, 1.54) is 0 Å². The first-order chi connectivity index (χ1) is 13.2. The van der Waals surface area contributed by atoms with E-state index in [9.17, 15) is 9.59 Å². The van der Waals surface area contributed by atoms with Crippen LogP contribution in [0.2, 0.25) is 0 Å². The summed E-state index contributed by atoms with van der Waals surface area (Å²) in [5.41, 5.74) is 1.78. The number of morpholine rings is 1. The highest BCUT2D eigenvalue weighted by atomic mass is 35.5. The number of amides is 2. The number of hydrogen-bond donors (Lipinski definition) is 2. The SMILES string of the molecule is Cl.O=C(Nc1ccc2c(ccn2CC(=O)N2CCOCC2)c1)C1CCCCN1. The molecule has 0 spiro atoms. The maximum atomic E-state index is 12.5. The molecule has 2 fully saturated rings. The van der Waals surface area contributed by atoms with Crippen LogP contribution in [0.15, 0.2) is 30.5 Å². The monoisotopic (exact) mass is 406 g/mol. The molecule has 0 radical (unpaired) electrons. The van der Waals surface area contributed by atoms with Gasteiger partial charge in [-0.2, -0.15) is 0 Å². The summed E-state index contributed by atoms with van der Waals surface area (Å²) in [6, 6.07) is 7.71. The fourth-order valence-electron chi connectivity index (χ4n) is 3.78. The summed E-state index contributed by atoms with van der Waals surface area (Å²) in [6.07, 6.45) is 5.03. The van der Waals surface area contributed by atoms with Crippen LogP contribution in [0.25, 0.3) is 10.9 Å². The molecule has 7 nitrogen and oxygen atoms in total. The van der Waals surface area contributed by atoms with Crippen LogP contribution in [0.1, 0.15) is 19.3 Å². The Morgan fingerprint density at radius 1 is 1.18 bits per heavy atom. The van der Waals surface area contributed by atoms with Crippen molar-refractivity contribution in [3.8, 4) is 0 Å². The molecule has 0 bridgehead atoms. The number of nitrogens with one attached hydrogen (secondary N) is 2. The Morgan fingerprint density at radius 2 is 2.00 bits per heavy atom. The molecule has 0 saturated carbocycles. The van der Waals surface area contributed by atoms with Gasteiger partial charge in [0.25, 0.3) is 0 Å². The second-order valence-electron chi connectivity index (χ2n) is 7.20. The fourth-order valence-corrected chi connectivity index (χ4v) is 3.78. The number of aromatic nitrogens is 1. The number of ether oxygens (including phenoxy) is 1. The Kier molecular flexibility index (Phi) is 6.93. The average molecular weight is 407 g/mol. The number of carbonyl (C=O) groups is 2. The van der Waals surface area contributed by atoms with E-state index in [2.05, 4.69) is 10.6 Å². The third kappa shape index (κ3) is 4.66. The Bertz CT molecular complexity index is 826. The van der Waals surface area contributed by atoms with Crippen LogP contribution in [0.4, 0.5) is 5.69 Å². The number of fused-ring (bicyclic) bond motifs is 1. The smallest absolute Gasteiger partial charge is 0.242 e. The van der Waals surface area contributed by atoms with Gasteiger partial charge in [-0.25, -0.2) is 0 Å². The molecule has 3 heterocycles. The molecular formula is C20H27ClN4O3. The number of halogens is 1. The molecule has 28 heavy (non-hydrogen) atoms. The fraction of sp³-hybridized carbons (Fsp3) is 0.500. The summed E-state index contributed by atoms with van der Waals surface area (Å²) in [4.78, 5) is 26.7. The van der Waals surface area contributed by atoms with Gasteiger partial charge in [-0.1, -0.05) is 6.42 Å². The second-order valence-corrected chi connectivity index (χ2v) is 7.20. The van der Waals surface area contributed by atoms with Gasteiger partial charge in [0, 0.05) is 35.9 Å². The van der Waals surface area contributed by atoms with Crippen LogP contribution < -0.4 is 10.6 Å². The number of anilines is 1. The van der Waals surface area contributed by atoms with E-state index in [1.54, 1.807) is 0 Å². The zero-order chi connectivity index (χ0) is 18.6. The van der Waals surface area contributed by atoms with Gasteiger partial charge >= 0.3 is 0 Å². The predicted molar refractivity (Wildman–Crippen MR) is 111 cm³/mol. The van der Waals surface area contributed by atoms with E-state index in [0.29, 0.717) is 32.8 Å². The molecule has 1 unspecified atom stereocenters. The Balaban J connectivity index is 0.00000225. The molecule has 2 aliphatic heterocycles. The van der Waals surface area contributed by atoms with Crippen molar-refractivity contribution >= 4 is 40.8 Å². The summed E-state index contributed by atoms with van der Waals surface area (Å²) in [5, 5.41) is 7.28. The van der Waals surface area contributed by atoms with E-state index in [4.69, 9.17) is 4.74 Å². The predicted octanol–water partition coefficient (Wildman–Crippen LogP) is 2.00. The van der Waals surface area contributed by atoms with Crippen LogP contribution in [0, 0.1) is 0 Å². The topological polar surface area (TPSA) is 75.6 Å². The van der Waals surface area contributed by atoms with Crippen molar-refractivity contribution in [2.75, 3.05) is 38.2 Å². The number of benzene rings is 1. The van der Waals surface area contributed by atoms with E-state index in [-0.39, 0.29) is 30.3 Å². The first-order valence-electron chi connectivity index (χ1n) is 9.69. The van der Waals surface area contributed by atoms with Gasteiger partial charge in [0.1, 0.15) is 6.54 Å². The number of piperidine rings is 1. The molecule has 4 rings (SSSR count). The molecule has 152 valence electrons. The highest BCUT2D eigenvalue weighted by Crippen LogP contribution is 2.21. The summed E-state index contributed by atoms with van der Waals surface area (Å²) >= 11 is 0. The quantitative estimate of drug-likeness (QED) is 0.814. The van der Waals surface area contributed by atoms with Gasteiger partial charge in [-0.15, -0.1) is 12.4 Å². The van der Waals surface area contributed by atoms with Crippen LogP contribution in [0.5, 0.6) is 0 Å². The number of hydrogen-bond acceptors (Lipinski definition) is 4. The van der Waals surface area contributed by atoms with Crippen molar-refractivity contribution < 1.29 is 14.3 Å². The Morgan fingerprint density at radius 3 is 2.75 bits per heavy atom. The van der Waals surface area contributed by atoms with Crippen molar-refractivity contribution in [3.05, 3.63) is 30.5 Å². The van der Waals surface area contributed by atoms with Crippen LogP contribution >= 0.6 is 12.4 Å². The minimum absolute atomic E-state index is 0. The third-order valence-corrected chi connectivity index (χ3v) is 5.33. The largest absolute Gasteiger partial charge is 0.378 e. The minimum atomic E-state index is -0.106. The summed E-state index contributed by atoms with van der Waals surface area (Å²) in [7, 11) is 0. The van der Waals surface area contributed by atoms with E-state index in [1.807, 2.05) is 39.9 Å². The van der Waals surface area contributed by atoms with Gasteiger partial charge in [-0.05, 0) is 43.7 Å². The molecule has 2 aromatic rings. The van der Waals surface area contributed by atoms with Gasteiger partial charge in [-0.3, -0.25) is 9.59 Å². The lowest BCUT2D eigenvalue weighted by Gasteiger charge is -2.27. The van der Waals surface area contributed by atoms with E-state index < -0.39 is 0 Å². The molecule has 1 aromatic heterocycles. The molecule has 2 N–H and O–H groups in total. The molecule has 2 amide bonds. The average Bonchev–Trinajstić information content (AvgIpc) is 3.11. The maximum Gasteiger partial charge on any atom is 0.242 e. The second kappa shape index (κ2) is 9.41. The molecule has 2 saturated heterocycles. The van der Waals surface area contributed by atoms with Gasteiger partial charge in [0.05, 0.1) is 19.3 Å². The number of carbonyl (C=O) groups excluding carboxylic acids is 2. The summed E-state index contributed by atoms with van der Waals surface area (Å²) in [5.74, 6) is 0.132. The number of nitrogens with zero attached hydrogens (tertiary/aromatic N) is 2. The van der Waals surface area contributed by atoms with Crippen molar-refractivity contribution in [3.63, 3.8) is 0 Å². The summed E-state index contributed by atoms with van der Waals surface area (Å²) < 4.78 is 7.26. The Labute approximate surface area is 170 Å². The van der Waals surface area contributed by atoms with Gasteiger partial charge in [0.15, 0.2) is 0 Å². The zero-order valence-corrected chi connectivity index (χ0v) is 16.7. The van der Waals surface area contributed by atoms with E-state index in [0.717, 1.165) is 42.4 Å². The van der Waals surface area contributed by atoms with Crippen molar-refractivity contribution in [2.24, 2.45) is 0 Å². The lowest BCUT2D eigenvalue weighted by atomic mass is 10.0.